The van der Waals surface area contributed by atoms with E-state index in [1.54, 1.807) is 18.2 Å². The van der Waals surface area contributed by atoms with Crippen molar-refractivity contribution in [1.82, 2.24) is 0 Å². The third-order valence-electron chi connectivity index (χ3n) is 2.94. The van der Waals surface area contributed by atoms with Crippen molar-refractivity contribution >= 4 is 39.1 Å². The molecule has 0 atom stereocenters. The van der Waals surface area contributed by atoms with E-state index < -0.39 is 0 Å². The zero-order chi connectivity index (χ0) is 14.0. The largest absolute Gasteiger partial charge is 0.322 e. The second-order valence-corrected chi connectivity index (χ2v) is 5.59. The van der Waals surface area contributed by atoms with Crippen molar-refractivity contribution in [3.8, 4) is 0 Å². The quantitative estimate of drug-likeness (QED) is 0.823. The Balaban J connectivity index is 2.26. The fourth-order valence-electron chi connectivity index (χ4n) is 1.72. The molecule has 2 aromatic carbocycles. The maximum absolute atomic E-state index is 12.2. The van der Waals surface area contributed by atoms with E-state index in [1.807, 2.05) is 32.0 Å². The minimum absolute atomic E-state index is 0.138. The molecule has 0 saturated heterocycles. The first-order chi connectivity index (χ1) is 8.99. The lowest BCUT2D eigenvalue weighted by Crippen LogP contribution is -2.13. The SMILES string of the molecule is Cc1cc(C(=O)Nc2cccc(Br)c2C)ccc1Cl. The Hall–Kier alpha value is -1.32. The molecule has 2 aromatic rings. The molecule has 0 aromatic heterocycles. The number of carbonyl (C=O) groups is 1. The van der Waals surface area contributed by atoms with E-state index in [2.05, 4.69) is 21.2 Å². The summed E-state index contributed by atoms with van der Waals surface area (Å²) in [6, 6.07) is 10.9. The zero-order valence-electron chi connectivity index (χ0n) is 10.6. The molecule has 0 aliphatic heterocycles. The first-order valence-electron chi connectivity index (χ1n) is 5.81. The van der Waals surface area contributed by atoms with Gasteiger partial charge in [0.1, 0.15) is 0 Å². The summed E-state index contributed by atoms with van der Waals surface area (Å²) in [6.45, 7) is 3.83. The number of carbonyl (C=O) groups excluding carboxylic acids is 1. The molecule has 4 heteroatoms. The number of hydrogen-bond acceptors (Lipinski definition) is 1. The van der Waals surface area contributed by atoms with Gasteiger partial charge in [-0.15, -0.1) is 0 Å². The van der Waals surface area contributed by atoms with Crippen LogP contribution in [0.4, 0.5) is 5.69 Å². The van der Waals surface area contributed by atoms with Gasteiger partial charge in [-0.1, -0.05) is 33.6 Å². The smallest absolute Gasteiger partial charge is 0.255 e. The van der Waals surface area contributed by atoms with Gasteiger partial charge in [0.05, 0.1) is 0 Å². The average molecular weight is 339 g/mol. The number of hydrogen-bond donors (Lipinski definition) is 1. The second-order valence-electron chi connectivity index (χ2n) is 4.33. The fraction of sp³-hybridized carbons (Fsp3) is 0.133. The molecule has 2 rings (SSSR count). The molecule has 19 heavy (non-hydrogen) atoms. The molecule has 0 unspecified atom stereocenters. The van der Waals surface area contributed by atoms with Crippen LogP contribution in [-0.2, 0) is 0 Å². The van der Waals surface area contributed by atoms with Crippen LogP contribution >= 0.6 is 27.5 Å². The van der Waals surface area contributed by atoms with Gasteiger partial charge in [0.25, 0.3) is 5.91 Å². The maximum Gasteiger partial charge on any atom is 0.255 e. The third-order valence-corrected chi connectivity index (χ3v) is 4.22. The first kappa shape index (κ1) is 14.1. The average Bonchev–Trinajstić information content (AvgIpc) is 2.38. The number of rotatable bonds is 2. The Kier molecular flexibility index (Phi) is 4.27. The molecule has 98 valence electrons. The molecular formula is C15H13BrClNO. The Bertz CT molecular complexity index is 640. The topological polar surface area (TPSA) is 29.1 Å². The summed E-state index contributed by atoms with van der Waals surface area (Å²) in [6.07, 6.45) is 0. The van der Waals surface area contributed by atoms with Gasteiger partial charge in [-0.3, -0.25) is 4.79 Å². The third kappa shape index (κ3) is 3.17. The van der Waals surface area contributed by atoms with E-state index in [-0.39, 0.29) is 5.91 Å². The van der Waals surface area contributed by atoms with Gasteiger partial charge in [-0.2, -0.15) is 0 Å². The Morgan fingerprint density at radius 3 is 2.63 bits per heavy atom. The van der Waals surface area contributed by atoms with Gasteiger partial charge in [0, 0.05) is 20.7 Å². The summed E-state index contributed by atoms with van der Waals surface area (Å²) in [5.41, 5.74) is 3.29. The monoisotopic (exact) mass is 337 g/mol. The zero-order valence-corrected chi connectivity index (χ0v) is 13.0. The highest BCUT2D eigenvalue weighted by atomic mass is 79.9. The number of nitrogens with one attached hydrogen (secondary N) is 1. The highest BCUT2D eigenvalue weighted by Crippen LogP contribution is 2.24. The van der Waals surface area contributed by atoms with Crippen molar-refractivity contribution in [2.75, 3.05) is 5.32 Å². The van der Waals surface area contributed by atoms with Crippen LogP contribution < -0.4 is 5.32 Å². The maximum atomic E-state index is 12.2. The predicted octanol–water partition coefficient (Wildman–Crippen LogP) is 4.97. The summed E-state index contributed by atoms with van der Waals surface area (Å²) >= 11 is 9.40. The van der Waals surface area contributed by atoms with Crippen molar-refractivity contribution in [2.24, 2.45) is 0 Å². The van der Waals surface area contributed by atoms with Crippen molar-refractivity contribution in [3.05, 3.63) is 62.6 Å². The minimum atomic E-state index is -0.138. The van der Waals surface area contributed by atoms with Gasteiger partial charge in [0.15, 0.2) is 0 Å². The van der Waals surface area contributed by atoms with Crippen LogP contribution in [0, 0.1) is 13.8 Å². The molecule has 2 nitrogen and oxygen atoms in total. The minimum Gasteiger partial charge on any atom is -0.322 e. The number of benzene rings is 2. The summed E-state index contributed by atoms with van der Waals surface area (Å²) in [5.74, 6) is -0.138. The molecular weight excluding hydrogens is 326 g/mol. The van der Waals surface area contributed by atoms with Gasteiger partial charge >= 0.3 is 0 Å². The van der Waals surface area contributed by atoms with Crippen LogP contribution in [-0.4, -0.2) is 5.91 Å². The molecule has 0 fully saturated rings. The molecule has 1 amide bonds. The van der Waals surface area contributed by atoms with Crippen molar-refractivity contribution in [2.45, 2.75) is 13.8 Å². The van der Waals surface area contributed by atoms with Gasteiger partial charge in [-0.25, -0.2) is 0 Å². The van der Waals surface area contributed by atoms with Gasteiger partial charge in [-0.05, 0) is 55.3 Å². The lowest BCUT2D eigenvalue weighted by Gasteiger charge is -2.10. The van der Waals surface area contributed by atoms with Gasteiger partial charge < -0.3 is 5.32 Å². The lowest BCUT2D eigenvalue weighted by molar-refractivity contribution is 0.102. The van der Waals surface area contributed by atoms with E-state index >= 15 is 0 Å². The first-order valence-corrected chi connectivity index (χ1v) is 6.99. The number of amides is 1. The summed E-state index contributed by atoms with van der Waals surface area (Å²) in [4.78, 5) is 12.2. The number of halogens is 2. The Morgan fingerprint density at radius 1 is 1.21 bits per heavy atom. The van der Waals surface area contributed by atoms with E-state index in [4.69, 9.17) is 11.6 Å². The summed E-state index contributed by atoms with van der Waals surface area (Å²) < 4.78 is 0.970. The van der Waals surface area contributed by atoms with E-state index in [0.29, 0.717) is 10.6 Å². The predicted molar refractivity (Wildman–Crippen MR) is 83.0 cm³/mol. The van der Waals surface area contributed by atoms with Crippen LogP contribution in [0.25, 0.3) is 0 Å². The molecule has 0 heterocycles. The van der Waals surface area contributed by atoms with Crippen molar-refractivity contribution < 1.29 is 4.79 Å². The molecule has 0 bridgehead atoms. The summed E-state index contributed by atoms with van der Waals surface area (Å²) in [7, 11) is 0. The summed E-state index contributed by atoms with van der Waals surface area (Å²) in [5, 5.41) is 3.56. The molecule has 0 saturated carbocycles. The van der Waals surface area contributed by atoms with Crippen molar-refractivity contribution in [3.63, 3.8) is 0 Å². The van der Waals surface area contributed by atoms with Crippen LogP contribution in [0.15, 0.2) is 40.9 Å². The Morgan fingerprint density at radius 2 is 1.95 bits per heavy atom. The second kappa shape index (κ2) is 5.76. The fourth-order valence-corrected chi connectivity index (χ4v) is 2.21. The normalized spacial score (nSPS) is 10.3. The van der Waals surface area contributed by atoms with Gasteiger partial charge in [0.2, 0.25) is 0 Å². The van der Waals surface area contributed by atoms with Crippen LogP contribution in [0.2, 0.25) is 5.02 Å². The van der Waals surface area contributed by atoms with Crippen LogP contribution in [0.5, 0.6) is 0 Å². The number of anilines is 1. The Labute approximate surface area is 125 Å². The van der Waals surface area contributed by atoms with E-state index in [0.717, 1.165) is 21.3 Å². The van der Waals surface area contributed by atoms with Crippen LogP contribution in [0.1, 0.15) is 21.5 Å². The molecule has 0 aliphatic rings. The molecule has 0 aliphatic carbocycles. The van der Waals surface area contributed by atoms with Crippen molar-refractivity contribution in [1.29, 1.82) is 0 Å². The van der Waals surface area contributed by atoms with E-state index in [9.17, 15) is 4.79 Å². The highest BCUT2D eigenvalue weighted by molar-refractivity contribution is 9.10. The van der Waals surface area contributed by atoms with E-state index in [1.165, 1.54) is 0 Å². The molecule has 0 radical (unpaired) electrons. The molecule has 0 spiro atoms. The standard InChI is InChI=1S/C15H13BrClNO/c1-9-8-11(6-7-13(9)17)15(19)18-14-5-3-4-12(16)10(14)2/h3-8H,1-2H3,(H,18,19). The van der Waals surface area contributed by atoms with Crippen LogP contribution in [0.3, 0.4) is 0 Å². The lowest BCUT2D eigenvalue weighted by atomic mass is 10.1. The highest BCUT2D eigenvalue weighted by Gasteiger charge is 2.09. The molecule has 1 N–H and O–H groups in total. The number of aryl methyl sites for hydroxylation is 1.